The zero-order valence-corrected chi connectivity index (χ0v) is 18.6. The standard InChI is InChI=1S/C24H24N4O2S/c1-5-13-28-16(3)20(21(25-24(28)31)18-7-6-8-19(14-18)29-4)23-26-22(27-30-23)17-11-9-15(2)10-12-17/h5-12,14,21H,1,13H2,2-4H3,(H,25,31). The van der Waals surface area contributed by atoms with Gasteiger partial charge in [-0.15, -0.1) is 6.58 Å². The Bertz CT molecular complexity index is 1150. The molecule has 7 heteroatoms. The maximum absolute atomic E-state index is 5.74. The normalized spacial score (nSPS) is 16.3. The molecule has 0 amide bonds. The minimum atomic E-state index is -0.255. The van der Waals surface area contributed by atoms with E-state index in [1.54, 1.807) is 7.11 Å². The third-order valence-corrected chi connectivity index (χ3v) is 5.64. The fourth-order valence-corrected chi connectivity index (χ4v) is 3.96. The number of allylic oxidation sites excluding steroid dienone is 1. The molecular formula is C24H24N4O2S. The molecule has 1 aliphatic rings. The van der Waals surface area contributed by atoms with Gasteiger partial charge < -0.3 is 19.5 Å². The van der Waals surface area contributed by atoms with Gasteiger partial charge in [0.05, 0.1) is 18.7 Å². The van der Waals surface area contributed by atoms with E-state index >= 15 is 0 Å². The number of benzene rings is 2. The Morgan fingerprint density at radius 1 is 1.23 bits per heavy atom. The van der Waals surface area contributed by atoms with Crippen LogP contribution in [0.15, 0.2) is 71.4 Å². The second-order valence-corrected chi connectivity index (χ2v) is 7.73. The first-order chi connectivity index (χ1) is 15.0. The number of nitrogens with one attached hydrogen (secondary N) is 1. The van der Waals surface area contributed by atoms with E-state index in [0.717, 1.165) is 28.1 Å². The van der Waals surface area contributed by atoms with E-state index in [9.17, 15) is 0 Å². The predicted octanol–water partition coefficient (Wildman–Crippen LogP) is 4.90. The van der Waals surface area contributed by atoms with Crippen LogP contribution in [0.4, 0.5) is 0 Å². The van der Waals surface area contributed by atoms with Crippen molar-refractivity contribution in [2.24, 2.45) is 0 Å². The Kier molecular flexibility index (Phi) is 5.86. The summed E-state index contributed by atoms with van der Waals surface area (Å²) in [6.07, 6.45) is 1.81. The van der Waals surface area contributed by atoms with Crippen molar-refractivity contribution in [3.05, 3.63) is 83.9 Å². The summed E-state index contributed by atoms with van der Waals surface area (Å²) in [6, 6.07) is 15.6. The topological polar surface area (TPSA) is 63.4 Å². The van der Waals surface area contributed by atoms with Crippen LogP contribution in [-0.4, -0.2) is 33.8 Å². The molecule has 0 spiro atoms. The zero-order valence-electron chi connectivity index (χ0n) is 17.8. The van der Waals surface area contributed by atoms with Crippen molar-refractivity contribution >= 4 is 22.9 Å². The second kappa shape index (κ2) is 8.73. The summed E-state index contributed by atoms with van der Waals surface area (Å²) in [4.78, 5) is 6.70. The molecule has 2 aromatic carbocycles. The average molecular weight is 433 g/mol. The lowest BCUT2D eigenvalue weighted by molar-refractivity contribution is 0.398. The Labute approximate surface area is 187 Å². The van der Waals surface area contributed by atoms with Gasteiger partial charge in [-0.25, -0.2) is 0 Å². The van der Waals surface area contributed by atoms with Crippen molar-refractivity contribution in [3.63, 3.8) is 0 Å². The average Bonchev–Trinajstić information content (AvgIpc) is 3.26. The Morgan fingerprint density at radius 3 is 2.71 bits per heavy atom. The molecule has 1 aliphatic heterocycles. The third-order valence-electron chi connectivity index (χ3n) is 5.30. The lowest BCUT2D eigenvalue weighted by atomic mass is 9.94. The fourth-order valence-electron chi connectivity index (χ4n) is 3.63. The molecule has 0 aliphatic carbocycles. The summed E-state index contributed by atoms with van der Waals surface area (Å²) in [5.41, 5.74) is 4.88. The summed E-state index contributed by atoms with van der Waals surface area (Å²) in [6.45, 7) is 8.48. The first-order valence-electron chi connectivity index (χ1n) is 9.96. The van der Waals surface area contributed by atoms with Crippen LogP contribution < -0.4 is 10.1 Å². The van der Waals surface area contributed by atoms with Gasteiger partial charge in [-0.3, -0.25) is 0 Å². The molecule has 3 aromatic rings. The number of aromatic nitrogens is 2. The Hall–Kier alpha value is -3.45. The lowest BCUT2D eigenvalue weighted by Gasteiger charge is -2.36. The number of methoxy groups -OCH3 is 1. The van der Waals surface area contributed by atoms with E-state index < -0.39 is 0 Å². The highest BCUT2D eigenvalue weighted by Crippen LogP contribution is 2.38. The fraction of sp³-hybridized carbons (Fsp3) is 0.208. The van der Waals surface area contributed by atoms with Gasteiger partial charge in [0.1, 0.15) is 5.75 Å². The number of thiocarbonyl (C=S) groups is 1. The highest BCUT2D eigenvalue weighted by atomic mass is 32.1. The minimum Gasteiger partial charge on any atom is -0.497 e. The van der Waals surface area contributed by atoms with Gasteiger partial charge in [0.2, 0.25) is 5.82 Å². The van der Waals surface area contributed by atoms with Crippen molar-refractivity contribution in [2.75, 3.05) is 13.7 Å². The van der Waals surface area contributed by atoms with E-state index in [2.05, 4.69) is 17.1 Å². The molecule has 2 heterocycles. The summed E-state index contributed by atoms with van der Waals surface area (Å²) in [7, 11) is 1.65. The maximum atomic E-state index is 5.74. The van der Waals surface area contributed by atoms with Crippen LogP contribution in [0.25, 0.3) is 17.0 Å². The molecule has 0 bridgehead atoms. The molecule has 4 rings (SSSR count). The highest BCUT2D eigenvalue weighted by Gasteiger charge is 2.33. The van der Waals surface area contributed by atoms with Crippen molar-refractivity contribution < 1.29 is 9.26 Å². The van der Waals surface area contributed by atoms with Gasteiger partial charge in [0.15, 0.2) is 5.11 Å². The molecule has 6 nitrogen and oxygen atoms in total. The van der Waals surface area contributed by atoms with Gasteiger partial charge in [-0.1, -0.05) is 53.2 Å². The molecule has 1 unspecified atom stereocenters. The summed E-state index contributed by atoms with van der Waals surface area (Å²) < 4.78 is 11.2. The first kappa shape index (κ1) is 20.8. The molecule has 158 valence electrons. The molecule has 31 heavy (non-hydrogen) atoms. The van der Waals surface area contributed by atoms with E-state index in [1.165, 1.54) is 5.56 Å². The number of aryl methyl sites for hydroxylation is 1. The number of rotatable bonds is 6. The first-order valence-corrected chi connectivity index (χ1v) is 10.4. The molecule has 0 radical (unpaired) electrons. The zero-order chi connectivity index (χ0) is 22.0. The molecule has 0 saturated heterocycles. The third kappa shape index (κ3) is 4.09. The SMILES string of the molecule is C=CCN1C(=S)NC(c2cccc(OC)c2)C(c2nc(-c3ccc(C)cc3)no2)=C1C. The molecule has 1 aromatic heterocycles. The highest BCUT2D eigenvalue weighted by molar-refractivity contribution is 7.80. The van der Waals surface area contributed by atoms with Crippen LogP contribution in [-0.2, 0) is 0 Å². The van der Waals surface area contributed by atoms with Crippen LogP contribution in [0.5, 0.6) is 5.75 Å². The van der Waals surface area contributed by atoms with Crippen LogP contribution >= 0.6 is 12.2 Å². The van der Waals surface area contributed by atoms with Gasteiger partial charge in [0.25, 0.3) is 5.89 Å². The van der Waals surface area contributed by atoms with E-state index in [-0.39, 0.29) is 6.04 Å². The van der Waals surface area contributed by atoms with E-state index in [0.29, 0.717) is 23.4 Å². The number of ether oxygens (including phenoxy) is 1. The Morgan fingerprint density at radius 2 is 2.00 bits per heavy atom. The van der Waals surface area contributed by atoms with Gasteiger partial charge in [-0.05, 0) is 43.8 Å². The van der Waals surface area contributed by atoms with Crippen molar-refractivity contribution in [2.45, 2.75) is 19.9 Å². The van der Waals surface area contributed by atoms with Crippen LogP contribution in [0.3, 0.4) is 0 Å². The quantitative estimate of drug-likeness (QED) is 0.439. The molecular weight excluding hydrogens is 408 g/mol. The number of hydrogen-bond acceptors (Lipinski definition) is 5. The van der Waals surface area contributed by atoms with Crippen molar-refractivity contribution in [1.29, 1.82) is 0 Å². The predicted molar refractivity (Wildman–Crippen MR) is 125 cm³/mol. The second-order valence-electron chi connectivity index (χ2n) is 7.35. The molecule has 1 atom stereocenters. The van der Waals surface area contributed by atoms with Crippen LogP contribution in [0, 0.1) is 6.92 Å². The number of hydrogen-bond donors (Lipinski definition) is 1. The van der Waals surface area contributed by atoms with Crippen LogP contribution in [0.2, 0.25) is 0 Å². The molecule has 0 fully saturated rings. The summed E-state index contributed by atoms with van der Waals surface area (Å²) >= 11 is 5.64. The van der Waals surface area contributed by atoms with Crippen LogP contribution in [0.1, 0.15) is 30.0 Å². The lowest BCUT2D eigenvalue weighted by Crippen LogP contribution is -2.45. The summed E-state index contributed by atoms with van der Waals surface area (Å²) in [5, 5.41) is 8.27. The minimum absolute atomic E-state index is 0.255. The Balaban J connectivity index is 1.82. The monoisotopic (exact) mass is 432 g/mol. The molecule has 0 saturated carbocycles. The molecule has 1 N–H and O–H groups in total. The van der Waals surface area contributed by atoms with Gasteiger partial charge in [-0.2, -0.15) is 4.98 Å². The maximum Gasteiger partial charge on any atom is 0.258 e. The smallest absolute Gasteiger partial charge is 0.258 e. The number of nitrogens with zero attached hydrogens (tertiary/aromatic N) is 3. The largest absolute Gasteiger partial charge is 0.497 e. The van der Waals surface area contributed by atoms with E-state index in [4.69, 9.17) is 26.5 Å². The summed E-state index contributed by atoms with van der Waals surface area (Å²) in [5.74, 6) is 1.76. The van der Waals surface area contributed by atoms with Gasteiger partial charge >= 0.3 is 0 Å². The van der Waals surface area contributed by atoms with Gasteiger partial charge in [0, 0.05) is 17.8 Å². The van der Waals surface area contributed by atoms with Crippen molar-refractivity contribution in [1.82, 2.24) is 20.4 Å². The van der Waals surface area contributed by atoms with Crippen molar-refractivity contribution in [3.8, 4) is 17.1 Å². The van der Waals surface area contributed by atoms with E-state index in [1.807, 2.05) is 73.4 Å².